The van der Waals surface area contributed by atoms with Gasteiger partial charge in [-0.1, -0.05) is 48.7 Å². The number of amides is 1. The van der Waals surface area contributed by atoms with E-state index in [1.807, 2.05) is 19.9 Å². The minimum atomic E-state index is -0.467. The van der Waals surface area contributed by atoms with E-state index in [9.17, 15) is 14.9 Å². The smallest absolute Gasteiger partial charge is 0.274 e. The molecule has 7 nitrogen and oxygen atoms in total. The molecule has 1 aromatic heterocycles. The van der Waals surface area contributed by atoms with Gasteiger partial charge in [0.15, 0.2) is 5.69 Å². The van der Waals surface area contributed by atoms with E-state index < -0.39 is 4.92 Å². The van der Waals surface area contributed by atoms with E-state index in [-0.39, 0.29) is 23.2 Å². The number of rotatable bonds is 9. The number of non-ortho nitro benzene ring substituents is 1. The first kappa shape index (κ1) is 25.3. The Kier molecular flexibility index (Phi) is 8.78. The van der Waals surface area contributed by atoms with Gasteiger partial charge in [0, 0.05) is 25.7 Å². The Hall–Kier alpha value is -2.93. The van der Waals surface area contributed by atoms with Crippen molar-refractivity contribution in [3.05, 3.63) is 74.1 Å². The van der Waals surface area contributed by atoms with Gasteiger partial charge in [0.05, 0.1) is 21.3 Å². The molecule has 0 saturated carbocycles. The number of hydrogen-bond acceptors (Lipinski definition) is 4. The molecule has 0 saturated heterocycles. The first-order chi connectivity index (χ1) is 15.0. The van der Waals surface area contributed by atoms with Crippen LogP contribution in [-0.4, -0.2) is 39.1 Å². The summed E-state index contributed by atoms with van der Waals surface area (Å²) in [6, 6.07) is 5.90. The summed E-state index contributed by atoms with van der Waals surface area (Å²) >= 11 is 6.59. The number of carbonyl (C=O) groups is 1. The maximum absolute atomic E-state index is 13.3. The molecule has 1 amide bonds. The van der Waals surface area contributed by atoms with E-state index in [2.05, 4.69) is 31.9 Å². The minimum Gasteiger partial charge on any atom is -0.337 e. The van der Waals surface area contributed by atoms with Gasteiger partial charge < -0.3 is 4.90 Å². The van der Waals surface area contributed by atoms with Crippen molar-refractivity contribution in [3.8, 4) is 5.69 Å². The standard InChI is InChI=1S/C24H31ClN4O3/c1-16(2)8-7-9-18(5)14-15-27(6)24(30)23-21(25)22(17(3)4)26-28(23)19-10-12-20(13-11-19)29(31)32/h8,10-14,17H,7,9,15H2,1-6H3/b18-14+. The van der Waals surface area contributed by atoms with Gasteiger partial charge in [0.1, 0.15) is 0 Å². The number of benzene rings is 1. The molecule has 1 aromatic carbocycles. The van der Waals surface area contributed by atoms with Gasteiger partial charge in [-0.25, -0.2) is 4.68 Å². The zero-order valence-electron chi connectivity index (χ0n) is 19.6. The number of carbonyl (C=O) groups excluding carboxylic acids is 1. The van der Waals surface area contributed by atoms with E-state index in [1.165, 1.54) is 28.0 Å². The number of likely N-dealkylation sites (N-methyl/N-ethyl adjacent to an activating group) is 1. The summed E-state index contributed by atoms with van der Waals surface area (Å²) < 4.78 is 1.48. The van der Waals surface area contributed by atoms with Gasteiger partial charge in [-0.05, 0) is 51.7 Å². The van der Waals surface area contributed by atoms with Gasteiger partial charge in [-0.2, -0.15) is 5.10 Å². The van der Waals surface area contributed by atoms with Crippen LogP contribution in [0.25, 0.3) is 5.69 Å². The average Bonchev–Trinajstić information content (AvgIpc) is 3.08. The summed E-state index contributed by atoms with van der Waals surface area (Å²) in [5.74, 6) is -0.253. The molecule has 0 aliphatic carbocycles. The second kappa shape index (κ2) is 11.1. The number of aromatic nitrogens is 2. The summed E-state index contributed by atoms with van der Waals surface area (Å²) in [6.45, 7) is 10.6. The van der Waals surface area contributed by atoms with Crippen LogP contribution in [0.2, 0.25) is 5.02 Å². The first-order valence-corrected chi connectivity index (χ1v) is 11.0. The number of nitrogens with zero attached hydrogens (tertiary/aromatic N) is 4. The third-order valence-electron chi connectivity index (χ3n) is 5.06. The fraction of sp³-hybridized carbons (Fsp3) is 0.417. The molecule has 0 unspecified atom stereocenters. The predicted molar refractivity (Wildman–Crippen MR) is 129 cm³/mol. The van der Waals surface area contributed by atoms with Crippen LogP contribution in [0, 0.1) is 10.1 Å². The van der Waals surface area contributed by atoms with Crippen molar-refractivity contribution in [2.24, 2.45) is 0 Å². The highest BCUT2D eigenvalue weighted by Gasteiger charge is 2.27. The maximum atomic E-state index is 13.3. The Bertz CT molecular complexity index is 1030. The number of hydrogen-bond donors (Lipinski definition) is 0. The van der Waals surface area contributed by atoms with Crippen LogP contribution >= 0.6 is 11.6 Å². The van der Waals surface area contributed by atoms with Crippen molar-refractivity contribution in [1.29, 1.82) is 0 Å². The fourth-order valence-corrected chi connectivity index (χ4v) is 3.54. The molecule has 0 fully saturated rings. The molecular formula is C24H31ClN4O3. The maximum Gasteiger partial charge on any atom is 0.274 e. The summed E-state index contributed by atoms with van der Waals surface area (Å²) in [7, 11) is 1.72. The lowest BCUT2D eigenvalue weighted by atomic mass is 10.1. The third kappa shape index (κ3) is 6.29. The predicted octanol–water partition coefficient (Wildman–Crippen LogP) is 6.32. The Morgan fingerprint density at radius 3 is 2.38 bits per heavy atom. The number of nitro benzene ring substituents is 1. The molecular weight excluding hydrogens is 428 g/mol. The Morgan fingerprint density at radius 1 is 1.22 bits per heavy atom. The van der Waals surface area contributed by atoms with E-state index in [1.54, 1.807) is 24.1 Å². The molecule has 1 heterocycles. The SMILES string of the molecule is CC(C)=CCC/C(C)=C/CN(C)C(=O)c1c(Cl)c(C(C)C)nn1-c1ccc([N+](=O)[O-])cc1. The van der Waals surface area contributed by atoms with Crippen LogP contribution in [0.15, 0.2) is 47.6 Å². The molecule has 2 rings (SSSR count). The van der Waals surface area contributed by atoms with Gasteiger partial charge in [-0.3, -0.25) is 14.9 Å². The molecule has 0 aliphatic rings. The number of allylic oxidation sites excluding steroid dienone is 3. The van der Waals surface area contributed by atoms with E-state index in [0.717, 1.165) is 12.8 Å². The molecule has 2 aromatic rings. The van der Waals surface area contributed by atoms with Crippen molar-refractivity contribution in [2.45, 2.75) is 53.4 Å². The highest BCUT2D eigenvalue weighted by Crippen LogP contribution is 2.30. The van der Waals surface area contributed by atoms with Crippen molar-refractivity contribution in [3.63, 3.8) is 0 Å². The Labute approximate surface area is 194 Å². The minimum absolute atomic E-state index is 0.0101. The average molecular weight is 459 g/mol. The molecule has 0 aliphatic heterocycles. The number of halogens is 1. The molecule has 172 valence electrons. The molecule has 0 bridgehead atoms. The summed E-state index contributed by atoms with van der Waals surface area (Å²) in [5.41, 5.74) is 3.86. The molecule has 8 heteroatoms. The fourth-order valence-electron chi connectivity index (χ4n) is 3.12. The highest BCUT2D eigenvalue weighted by atomic mass is 35.5. The Morgan fingerprint density at radius 2 is 1.84 bits per heavy atom. The van der Waals surface area contributed by atoms with Crippen molar-refractivity contribution < 1.29 is 9.72 Å². The molecule has 32 heavy (non-hydrogen) atoms. The lowest BCUT2D eigenvalue weighted by molar-refractivity contribution is -0.384. The monoisotopic (exact) mass is 458 g/mol. The highest BCUT2D eigenvalue weighted by molar-refractivity contribution is 6.34. The van der Waals surface area contributed by atoms with Gasteiger partial charge in [0.25, 0.3) is 11.6 Å². The Balaban J connectivity index is 2.33. The van der Waals surface area contributed by atoms with Crippen molar-refractivity contribution >= 4 is 23.2 Å². The molecule has 0 radical (unpaired) electrons. The zero-order chi connectivity index (χ0) is 24.0. The van der Waals surface area contributed by atoms with E-state index in [4.69, 9.17) is 11.6 Å². The lowest BCUT2D eigenvalue weighted by Crippen LogP contribution is -2.29. The van der Waals surface area contributed by atoms with Crippen LogP contribution in [-0.2, 0) is 0 Å². The number of nitro groups is 1. The van der Waals surface area contributed by atoms with E-state index in [0.29, 0.717) is 22.9 Å². The third-order valence-corrected chi connectivity index (χ3v) is 5.43. The van der Waals surface area contributed by atoms with Crippen LogP contribution < -0.4 is 0 Å². The topological polar surface area (TPSA) is 81.3 Å². The summed E-state index contributed by atoms with van der Waals surface area (Å²) in [4.78, 5) is 25.4. The normalized spacial score (nSPS) is 11.6. The quantitative estimate of drug-likeness (QED) is 0.250. The largest absolute Gasteiger partial charge is 0.337 e. The van der Waals surface area contributed by atoms with Crippen molar-refractivity contribution in [1.82, 2.24) is 14.7 Å². The second-order valence-electron chi connectivity index (χ2n) is 8.44. The summed E-state index contributed by atoms with van der Waals surface area (Å²) in [6.07, 6.45) is 6.15. The lowest BCUT2D eigenvalue weighted by Gasteiger charge is -2.17. The second-order valence-corrected chi connectivity index (χ2v) is 8.82. The van der Waals surface area contributed by atoms with Crippen molar-refractivity contribution in [2.75, 3.05) is 13.6 Å². The van der Waals surface area contributed by atoms with Gasteiger partial charge in [-0.15, -0.1) is 0 Å². The summed E-state index contributed by atoms with van der Waals surface area (Å²) in [5, 5.41) is 15.8. The first-order valence-electron chi connectivity index (χ1n) is 10.6. The molecule has 0 spiro atoms. The van der Waals surface area contributed by atoms with Gasteiger partial charge in [0.2, 0.25) is 0 Å². The zero-order valence-corrected chi connectivity index (χ0v) is 20.3. The van der Waals surface area contributed by atoms with Crippen LogP contribution in [0.5, 0.6) is 0 Å². The van der Waals surface area contributed by atoms with Gasteiger partial charge >= 0.3 is 0 Å². The van der Waals surface area contributed by atoms with Crippen LogP contribution in [0.4, 0.5) is 5.69 Å². The van der Waals surface area contributed by atoms with Crippen LogP contribution in [0.1, 0.15) is 69.6 Å². The van der Waals surface area contributed by atoms with Crippen LogP contribution in [0.3, 0.4) is 0 Å². The molecule has 0 atom stereocenters. The molecule has 0 N–H and O–H groups in total. The van der Waals surface area contributed by atoms with E-state index >= 15 is 0 Å².